The molecule has 2 fully saturated rings. The topological polar surface area (TPSA) is 93.1 Å². The van der Waals surface area contributed by atoms with E-state index < -0.39 is 35.8 Å². The van der Waals surface area contributed by atoms with Crippen LogP contribution in [0.5, 0.6) is 0 Å². The van der Waals surface area contributed by atoms with Crippen molar-refractivity contribution in [2.75, 3.05) is 7.11 Å². The van der Waals surface area contributed by atoms with Gasteiger partial charge in [0.2, 0.25) is 0 Å². The number of carbonyl (C=O) groups is 2. The van der Waals surface area contributed by atoms with Gasteiger partial charge in [0, 0.05) is 12.3 Å². The van der Waals surface area contributed by atoms with Crippen molar-refractivity contribution in [1.29, 1.82) is 0 Å². The molecule has 0 aromatic heterocycles. The monoisotopic (exact) mass is 258 g/mol. The Kier molecular flexibility index (Phi) is 3.21. The number of esters is 1. The lowest BCUT2D eigenvalue weighted by atomic mass is 9.61. The van der Waals surface area contributed by atoms with E-state index in [0.29, 0.717) is 0 Å². The zero-order valence-electron chi connectivity index (χ0n) is 10.6. The zero-order chi connectivity index (χ0) is 13.7. The third kappa shape index (κ3) is 1.46. The number of ketones is 1. The van der Waals surface area contributed by atoms with E-state index in [9.17, 15) is 19.8 Å². The van der Waals surface area contributed by atoms with Gasteiger partial charge in [0.05, 0.1) is 25.4 Å². The normalized spacial score (nSPS) is 46.8. The van der Waals surface area contributed by atoms with Crippen LogP contribution in [0.1, 0.15) is 20.3 Å². The van der Waals surface area contributed by atoms with Gasteiger partial charge in [-0.05, 0) is 6.92 Å². The van der Waals surface area contributed by atoms with Crippen molar-refractivity contribution < 1.29 is 29.3 Å². The fourth-order valence-corrected chi connectivity index (χ4v) is 3.34. The van der Waals surface area contributed by atoms with E-state index in [0.717, 1.165) is 0 Å². The summed E-state index contributed by atoms with van der Waals surface area (Å²) in [5.41, 5.74) is -1.50. The molecule has 18 heavy (non-hydrogen) atoms. The highest BCUT2D eigenvalue weighted by atomic mass is 16.5. The predicted molar refractivity (Wildman–Crippen MR) is 59.6 cm³/mol. The maximum Gasteiger partial charge on any atom is 0.318 e. The maximum atomic E-state index is 12.1. The average Bonchev–Trinajstić information content (AvgIpc) is 2.55. The number of aliphatic hydroxyl groups is 2. The van der Waals surface area contributed by atoms with Crippen LogP contribution in [-0.2, 0) is 19.1 Å². The number of Topliss-reactive ketones (excluding diaryl/α,β-unsaturated/α-hetero) is 1. The number of ether oxygens (including phenoxy) is 2. The summed E-state index contributed by atoms with van der Waals surface area (Å²) in [6, 6.07) is 0. The molecule has 0 radical (unpaired) electrons. The molecule has 1 aliphatic heterocycles. The van der Waals surface area contributed by atoms with Crippen molar-refractivity contribution in [3.05, 3.63) is 0 Å². The van der Waals surface area contributed by atoms with Gasteiger partial charge in [-0.2, -0.15) is 0 Å². The third-order valence-corrected chi connectivity index (χ3v) is 4.29. The van der Waals surface area contributed by atoms with Crippen LogP contribution < -0.4 is 0 Å². The minimum absolute atomic E-state index is 0.213. The first-order valence-corrected chi connectivity index (χ1v) is 5.97. The number of aliphatic hydroxyl groups excluding tert-OH is 2. The molecule has 6 atom stereocenters. The summed E-state index contributed by atoms with van der Waals surface area (Å²) in [6.07, 6.45) is -3.71. The first kappa shape index (κ1) is 13.5. The molecule has 2 N–H and O–H groups in total. The molecule has 0 aromatic carbocycles. The predicted octanol–water partition coefficient (Wildman–Crippen LogP) is -0.736. The van der Waals surface area contributed by atoms with Gasteiger partial charge in [0.15, 0.2) is 5.78 Å². The highest BCUT2D eigenvalue weighted by Crippen LogP contribution is 2.53. The van der Waals surface area contributed by atoms with Crippen molar-refractivity contribution in [3.63, 3.8) is 0 Å². The molecular formula is C12H18O6. The van der Waals surface area contributed by atoms with Gasteiger partial charge in [0.1, 0.15) is 11.5 Å². The Morgan fingerprint density at radius 1 is 1.39 bits per heavy atom. The Morgan fingerprint density at radius 2 is 2.00 bits per heavy atom. The average molecular weight is 258 g/mol. The van der Waals surface area contributed by atoms with Gasteiger partial charge >= 0.3 is 5.97 Å². The molecule has 1 aliphatic carbocycles. The summed E-state index contributed by atoms with van der Waals surface area (Å²) in [4.78, 5) is 23.8. The third-order valence-electron chi connectivity index (χ3n) is 4.29. The Bertz CT molecular complexity index is 381. The first-order chi connectivity index (χ1) is 8.37. The molecule has 0 spiro atoms. The van der Waals surface area contributed by atoms with Gasteiger partial charge in [-0.15, -0.1) is 0 Å². The molecule has 0 amide bonds. The van der Waals surface area contributed by atoms with Gasteiger partial charge in [-0.3, -0.25) is 9.59 Å². The Hall–Kier alpha value is -0.980. The molecule has 1 saturated heterocycles. The van der Waals surface area contributed by atoms with Crippen LogP contribution in [0.4, 0.5) is 0 Å². The Balaban J connectivity index is 2.54. The van der Waals surface area contributed by atoms with E-state index in [2.05, 4.69) is 0 Å². The fourth-order valence-electron chi connectivity index (χ4n) is 3.34. The second-order valence-electron chi connectivity index (χ2n) is 5.13. The summed E-state index contributed by atoms with van der Waals surface area (Å²) in [5.74, 6) is -1.43. The zero-order valence-corrected chi connectivity index (χ0v) is 10.6. The summed E-state index contributed by atoms with van der Waals surface area (Å²) in [5, 5.41) is 20.1. The molecule has 0 unspecified atom stereocenters. The minimum atomic E-state index is -1.50. The van der Waals surface area contributed by atoms with E-state index in [1.807, 2.05) is 0 Å². The van der Waals surface area contributed by atoms with E-state index in [1.165, 1.54) is 14.0 Å². The van der Waals surface area contributed by atoms with Crippen molar-refractivity contribution >= 4 is 11.8 Å². The summed E-state index contributed by atoms with van der Waals surface area (Å²) in [7, 11) is 1.20. The molecule has 2 rings (SSSR count). The fraction of sp³-hybridized carbons (Fsp3) is 0.833. The largest absolute Gasteiger partial charge is 0.468 e. The quantitative estimate of drug-likeness (QED) is 0.634. The molecule has 6 nitrogen and oxygen atoms in total. The smallest absolute Gasteiger partial charge is 0.318 e. The van der Waals surface area contributed by atoms with Crippen molar-refractivity contribution in [2.24, 2.45) is 11.3 Å². The SMILES string of the molecule is COC(=O)[C@]12[C@@H](C(C)=O)O[C@@H](C[C@H](O)[C@@H]1O)[C@H]2C. The molecule has 102 valence electrons. The van der Waals surface area contributed by atoms with Crippen molar-refractivity contribution in [2.45, 2.75) is 44.7 Å². The lowest BCUT2D eigenvalue weighted by molar-refractivity contribution is -0.181. The van der Waals surface area contributed by atoms with Crippen LogP contribution in [-0.4, -0.2) is 53.5 Å². The van der Waals surface area contributed by atoms with E-state index in [-0.39, 0.29) is 18.1 Å². The molecule has 2 bridgehead atoms. The van der Waals surface area contributed by atoms with Gasteiger partial charge < -0.3 is 19.7 Å². The molecule has 6 heteroatoms. The first-order valence-electron chi connectivity index (χ1n) is 5.97. The molecule has 2 aliphatic rings. The number of fused-ring (bicyclic) bond motifs is 2. The lowest BCUT2D eigenvalue weighted by Gasteiger charge is -2.42. The molecule has 0 aromatic rings. The van der Waals surface area contributed by atoms with Crippen LogP contribution in [0.25, 0.3) is 0 Å². The van der Waals surface area contributed by atoms with Crippen LogP contribution in [0, 0.1) is 11.3 Å². The van der Waals surface area contributed by atoms with Crippen LogP contribution in [0.15, 0.2) is 0 Å². The number of hydrogen-bond acceptors (Lipinski definition) is 6. The van der Waals surface area contributed by atoms with Crippen LogP contribution in [0.3, 0.4) is 0 Å². The second kappa shape index (κ2) is 4.29. The molecule has 1 saturated carbocycles. The Labute approximate surface area is 105 Å². The molecular weight excluding hydrogens is 240 g/mol. The van der Waals surface area contributed by atoms with E-state index in [4.69, 9.17) is 9.47 Å². The van der Waals surface area contributed by atoms with Gasteiger partial charge in [-0.1, -0.05) is 6.92 Å². The maximum absolute atomic E-state index is 12.1. The summed E-state index contributed by atoms with van der Waals surface area (Å²) >= 11 is 0. The highest BCUT2D eigenvalue weighted by Gasteiger charge is 2.69. The number of carbonyl (C=O) groups excluding carboxylic acids is 2. The van der Waals surface area contributed by atoms with Gasteiger partial charge in [-0.25, -0.2) is 0 Å². The highest BCUT2D eigenvalue weighted by molar-refractivity contribution is 5.91. The van der Waals surface area contributed by atoms with E-state index in [1.54, 1.807) is 6.92 Å². The Morgan fingerprint density at radius 3 is 2.50 bits per heavy atom. The lowest BCUT2D eigenvalue weighted by Crippen LogP contribution is -2.61. The number of rotatable bonds is 2. The van der Waals surface area contributed by atoms with Crippen molar-refractivity contribution in [1.82, 2.24) is 0 Å². The standard InChI is InChI=1S/C12H18O6/c1-5-8-4-7(14)9(15)12(5,11(16)17-3)10(18-8)6(2)13/h5,7-10,14-15H,4H2,1-3H3/t5-,7+,8+,9+,10-,12+/m1/s1. The number of hydrogen-bond donors (Lipinski definition) is 2. The van der Waals surface area contributed by atoms with Crippen molar-refractivity contribution in [3.8, 4) is 0 Å². The second-order valence-corrected chi connectivity index (χ2v) is 5.13. The van der Waals surface area contributed by atoms with E-state index >= 15 is 0 Å². The number of methoxy groups -OCH3 is 1. The van der Waals surface area contributed by atoms with Crippen LogP contribution in [0.2, 0.25) is 0 Å². The summed E-state index contributed by atoms with van der Waals surface area (Å²) < 4.78 is 10.3. The molecule has 1 heterocycles. The van der Waals surface area contributed by atoms with Gasteiger partial charge in [0.25, 0.3) is 0 Å². The van der Waals surface area contributed by atoms with Crippen LogP contribution >= 0.6 is 0 Å². The summed E-state index contributed by atoms with van der Waals surface area (Å²) in [6.45, 7) is 3.04. The minimum Gasteiger partial charge on any atom is -0.468 e.